The molecule has 0 aliphatic carbocycles. The van der Waals surface area contributed by atoms with Crippen molar-refractivity contribution < 1.29 is 14.4 Å². The van der Waals surface area contributed by atoms with Crippen LogP contribution in [0.15, 0.2) is 53.2 Å². The summed E-state index contributed by atoms with van der Waals surface area (Å²) in [7, 11) is 0. The fraction of sp³-hybridized carbons (Fsp3) is 0.261. The van der Waals surface area contributed by atoms with E-state index in [1.807, 2.05) is 50.4 Å². The zero-order chi connectivity index (χ0) is 22.0. The molecule has 0 aliphatic heterocycles. The Morgan fingerprint density at radius 2 is 1.97 bits per heavy atom. The van der Waals surface area contributed by atoms with Gasteiger partial charge in [-0.05, 0) is 56.2 Å². The van der Waals surface area contributed by atoms with Gasteiger partial charge in [0, 0.05) is 16.6 Å². The van der Waals surface area contributed by atoms with Crippen molar-refractivity contribution in [3.05, 3.63) is 70.7 Å². The maximum atomic E-state index is 12.7. The van der Waals surface area contributed by atoms with Crippen LogP contribution in [0.4, 0.5) is 0 Å². The minimum atomic E-state index is -0.388. The van der Waals surface area contributed by atoms with E-state index in [0.717, 1.165) is 27.9 Å². The maximum Gasteiger partial charge on any atom is 0.240 e. The van der Waals surface area contributed by atoms with E-state index in [1.54, 1.807) is 16.7 Å². The van der Waals surface area contributed by atoms with Crippen LogP contribution < -0.4 is 5.32 Å². The maximum absolute atomic E-state index is 12.7. The van der Waals surface area contributed by atoms with Crippen molar-refractivity contribution in [2.75, 3.05) is 6.61 Å². The van der Waals surface area contributed by atoms with Crippen LogP contribution in [0, 0.1) is 13.8 Å². The van der Waals surface area contributed by atoms with Crippen molar-refractivity contribution in [2.45, 2.75) is 32.9 Å². The number of carbonyl (C=O) groups excluding carboxylic acids is 1. The van der Waals surface area contributed by atoms with Crippen molar-refractivity contribution in [2.24, 2.45) is 0 Å². The summed E-state index contributed by atoms with van der Waals surface area (Å²) in [5.41, 5.74) is 4.07. The molecular formula is C23H23ClN4O3. The van der Waals surface area contributed by atoms with E-state index in [0.29, 0.717) is 22.9 Å². The second-order valence-corrected chi connectivity index (χ2v) is 7.97. The molecule has 0 bridgehead atoms. The van der Waals surface area contributed by atoms with Crippen LogP contribution in [-0.2, 0) is 17.8 Å². The Morgan fingerprint density at radius 1 is 1.19 bits per heavy atom. The first-order chi connectivity index (χ1) is 14.9. The standard InChI is InChI=1S/C23H23ClN4O3/c1-14-22(15(2)31-27-14)20-8-5-17-9-10-28(23(17)26-20)12-21(30)25-19(13-29)11-16-3-6-18(24)7-4-16/h3-10,19,29H,11-13H2,1-2H3,(H,25,30)/t19-/m0/s1. The number of aromatic nitrogens is 3. The van der Waals surface area contributed by atoms with Gasteiger partial charge in [0.25, 0.3) is 0 Å². The molecule has 0 unspecified atom stereocenters. The summed E-state index contributed by atoms with van der Waals surface area (Å²) in [6.45, 7) is 3.66. The lowest BCUT2D eigenvalue weighted by atomic mass is 10.1. The first-order valence-electron chi connectivity index (χ1n) is 9.98. The molecular weight excluding hydrogens is 416 g/mol. The lowest BCUT2D eigenvalue weighted by Crippen LogP contribution is -2.40. The summed E-state index contributed by atoms with van der Waals surface area (Å²) in [5, 5.41) is 18.2. The quantitative estimate of drug-likeness (QED) is 0.459. The molecule has 2 N–H and O–H groups in total. The number of nitrogens with one attached hydrogen (secondary N) is 1. The van der Waals surface area contributed by atoms with Crippen LogP contribution in [0.3, 0.4) is 0 Å². The summed E-state index contributed by atoms with van der Waals surface area (Å²) < 4.78 is 7.05. The molecule has 0 saturated heterocycles. The fourth-order valence-electron chi connectivity index (χ4n) is 3.67. The highest BCUT2D eigenvalue weighted by Crippen LogP contribution is 2.27. The molecule has 1 atom stereocenters. The molecule has 31 heavy (non-hydrogen) atoms. The van der Waals surface area contributed by atoms with E-state index in [9.17, 15) is 9.90 Å². The third-order valence-electron chi connectivity index (χ3n) is 5.20. The van der Waals surface area contributed by atoms with E-state index in [1.165, 1.54) is 0 Å². The van der Waals surface area contributed by atoms with Crippen LogP contribution >= 0.6 is 11.6 Å². The van der Waals surface area contributed by atoms with E-state index in [4.69, 9.17) is 21.1 Å². The molecule has 0 spiro atoms. The number of fused-ring (bicyclic) bond motifs is 1. The molecule has 4 rings (SSSR count). The molecule has 0 saturated carbocycles. The van der Waals surface area contributed by atoms with Gasteiger partial charge in [-0.25, -0.2) is 4.98 Å². The van der Waals surface area contributed by atoms with E-state index < -0.39 is 0 Å². The highest BCUT2D eigenvalue weighted by atomic mass is 35.5. The lowest BCUT2D eigenvalue weighted by Gasteiger charge is -2.17. The SMILES string of the molecule is Cc1noc(C)c1-c1ccc2ccn(CC(=O)N[C@H](CO)Cc3ccc(Cl)cc3)c2n1. The van der Waals surface area contributed by atoms with Gasteiger partial charge in [-0.15, -0.1) is 0 Å². The lowest BCUT2D eigenvalue weighted by molar-refractivity contribution is -0.122. The largest absolute Gasteiger partial charge is 0.394 e. The van der Waals surface area contributed by atoms with Gasteiger partial charge in [0.05, 0.1) is 29.6 Å². The predicted molar refractivity (Wildman–Crippen MR) is 119 cm³/mol. The van der Waals surface area contributed by atoms with Gasteiger partial charge in [-0.2, -0.15) is 0 Å². The molecule has 0 aliphatic rings. The second kappa shape index (κ2) is 8.91. The normalized spacial score (nSPS) is 12.3. The minimum Gasteiger partial charge on any atom is -0.394 e. The Balaban J connectivity index is 1.50. The third-order valence-corrected chi connectivity index (χ3v) is 5.45. The minimum absolute atomic E-state index is 0.0959. The van der Waals surface area contributed by atoms with E-state index in [2.05, 4.69) is 10.5 Å². The van der Waals surface area contributed by atoms with Gasteiger partial charge in [0.15, 0.2) is 0 Å². The summed E-state index contributed by atoms with van der Waals surface area (Å²) in [6, 6.07) is 12.8. The van der Waals surface area contributed by atoms with Gasteiger partial charge in [-0.3, -0.25) is 4.79 Å². The molecule has 1 aromatic carbocycles. The van der Waals surface area contributed by atoms with Crippen molar-refractivity contribution in [3.63, 3.8) is 0 Å². The van der Waals surface area contributed by atoms with E-state index >= 15 is 0 Å². The molecule has 7 nitrogen and oxygen atoms in total. The van der Waals surface area contributed by atoms with Gasteiger partial charge < -0.3 is 19.5 Å². The van der Waals surface area contributed by atoms with Crippen LogP contribution in [0.5, 0.6) is 0 Å². The van der Waals surface area contributed by atoms with Gasteiger partial charge in [-0.1, -0.05) is 28.9 Å². The molecule has 4 aromatic rings. The number of amides is 1. The Morgan fingerprint density at radius 3 is 2.65 bits per heavy atom. The molecule has 3 aromatic heterocycles. The van der Waals surface area contributed by atoms with Crippen molar-refractivity contribution >= 4 is 28.5 Å². The highest BCUT2D eigenvalue weighted by molar-refractivity contribution is 6.30. The topological polar surface area (TPSA) is 93.2 Å². The number of nitrogens with zero attached hydrogens (tertiary/aromatic N) is 3. The number of hydrogen-bond acceptors (Lipinski definition) is 5. The Bertz CT molecular complexity index is 1190. The fourth-order valence-corrected chi connectivity index (χ4v) is 3.80. The van der Waals surface area contributed by atoms with Crippen LogP contribution in [0.1, 0.15) is 17.0 Å². The number of aliphatic hydroxyl groups excluding tert-OH is 1. The molecule has 3 heterocycles. The predicted octanol–water partition coefficient (Wildman–Crippen LogP) is 3.68. The summed E-state index contributed by atoms with van der Waals surface area (Å²) in [5.74, 6) is 0.503. The smallest absolute Gasteiger partial charge is 0.240 e. The Hall–Kier alpha value is -3.16. The zero-order valence-corrected chi connectivity index (χ0v) is 18.1. The monoisotopic (exact) mass is 438 g/mol. The number of carbonyl (C=O) groups is 1. The Kier molecular flexibility index (Phi) is 6.06. The molecule has 0 radical (unpaired) electrons. The average Bonchev–Trinajstić information content (AvgIpc) is 3.31. The number of hydrogen-bond donors (Lipinski definition) is 2. The second-order valence-electron chi connectivity index (χ2n) is 7.53. The van der Waals surface area contributed by atoms with Gasteiger partial charge in [0.2, 0.25) is 5.91 Å². The van der Waals surface area contributed by atoms with Crippen molar-refractivity contribution in [1.82, 2.24) is 20.0 Å². The molecule has 8 heteroatoms. The number of pyridine rings is 1. The Labute approximate surface area is 184 Å². The average molecular weight is 439 g/mol. The molecule has 0 fully saturated rings. The van der Waals surface area contributed by atoms with Crippen LogP contribution in [0.2, 0.25) is 5.02 Å². The zero-order valence-electron chi connectivity index (χ0n) is 17.3. The first-order valence-corrected chi connectivity index (χ1v) is 10.4. The summed E-state index contributed by atoms with van der Waals surface area (Å²) >= 11 is 5.92. The summed E-state index contributed by atoms with van der Waals surface area (Å²) in [6.07, 6.45) is 2.35. The van der Waals surface area contributed by atoms with Crippen molar-refractivity contribution in [3.8, 4) is 11.3 Å². The number of halogens is 1. The highest BCUT2D eigenvalue weighted by Gasteiger charge is 2.16. The van der Waals surface area contributed by atoms with Gasteiger partial charge >= 0.3 is 0 Å². The first kappa shape index (κ1) is 21.1. The number of aliphatic hydroxyl groups is 1. The van der Waals surface area contributed by atoms with Crippen LogP contribution in [-0.4, -0.2) is 38.4 Å². The number of benzene rings is 1. The van der Waals surface area contributed by atoms with Crippen molar-refractivity contribution in [1.29, 1.82) is 0 Å². The van der Waals surface area contributed by atoms with E-state index in [-0.39, 0.29) is 25.1 Å². The number of aryl methyl sites for hydroxylation is 2. The molecule has 160 valence electrons. The summed E-state index contributed by atoms with van der Waals surface area (Å²) in [4.78, 5) is 17.4. The number of rotatable bonds is 7. The third kappa shape index (κ3) is 4.62. The van der Waals surface area contributed by atoms with Gasteiger partial charge in [0.1, 0.15) is 18.0 Å². The van der Waals surface area contributed by atoms with Crippen LogP contribution in [0.25, 0.3) is 22.3 Å². The molecule has 1 amide bonds.